The van der Waals surface area contributed by atoms with Crippen LogP contribution in [0.5, 0.6) is 0 Å². The van der Waals surface area contributed by atoms with Crippen molar-refractivity contribution in [1.29, 1.82) is 0 Å². The van der Waals surface area contributed by atoms with Crippen LogP contribution in [0.2, 0.25) is 0 Å². The van der Waals surface area contributed by atoms with Crippen LogP contribution in [0.1, 0.15) is 37.6 Å². The van der Waals surface area contributed by atoms with Gasteiger partial charge in [-0.1, -0.05) is 26.0 Å². The van der Waals surface area contributed by atoms with E-state index in [1.165, 1.54) is 12.1 Å². The lowest BCUT2D eigenvalue weighted by Gasteiger charge is -2.41. The molecule has 0 saturated carbocycles. The highest BCUT2D eigenvalue weighted by atomic mass is 35.5. The lowest BCUT2D eigenvalue weighted by Crippen LogP contribution is -2.60. The van der Waals surface area contributed by atoms with E-state index in [1.54, 1.807) is 19.2 Å². The summed E-state index contributed by atoms with van der Waals surface area (Å²) in [5.74, 6) is -0.205. The number of fused-ring (bicyclic) bond motifs is 1. The van der Waals surface area contributed by atoms with E-state index in [0.717, 1.165) is 35.6 Å². The normalized spacial score (nSPS) is 26.2. The first-order valence-corrected chi connectivity index (χ1v) is 13.5. The molecule has 5 rings (SSSR count). The molecule has 222 valence electrons. The number of carbonyl (C=O) groups excluding carboxylic acids is 1. The van der Waals surface area contributed by atoms with Gasteiger partial charge in [-0.25, -0.2) is 8.78 Å². The third-order valence-corrected chi connectivity index (χ3v) is 8.14. The Balaban J connectivity index is 0.00000220. The molecule has 0 spiro atoms. The third-order valence-electron chi connectivity index (χ3n) is 8.14. The topological polar surface area (TPSA) is 60.9 Å². The van der Waals surface area contributed by atoms with Crippen LogP contribution in [-0.4, -0.2) is 98.0 Å². The molecule has 7 nitrogen and oxygen atoms in total. The van der Waals surface area contributed by atoms with Crippen molar-refractivity contribution in [3.05, 3.63) is 59.2 Å². The Morgan fingerprint density at radius 2 is 1.88 bits per heavy atom. The molecular formula is C29H41Cl2F2N5O2. The highest BCUT2D eigenvalue weighted by molar-refractivity contribution is 5.97. The molecule has 1 amide bonds. The number of halogens is 4. The minimum atomic E-state index is -0.981. The number of amides is 1. The summed E-state index contributed by atoms with van der Waals surface area (Å²) in [6, 6.07) is 8.92. The number of pyridine rings is 1. The zero-order valence-corrected chi connectivity index (χ0v) is 25.2. The van der Waals surface area contributed by atoms with Gasteiger partial charge in [0.2, 0.25) is 5.91 Å². The molecule has 0 radical (unpaired) electrons. The van der Waals surface area contributed by atoms with Gasteiger partial charge in [0.25, 0.3) is 0 Å². The SMILES string of the molecule is CO[C@H]1CN(C[C@H]2CN[C@H](C)CN2CC(=O)N2CC(C)(C)c3ncc(Cc4ccc(F)cc4)cc32)C[C@H]1F.Cl.Cl. The van der Waals surface area contributed by atoms with E-state index in [2.05, 4.69) is 42.0 Å². The number of alkyl halides is 1. The molecule has 1 aromatic carbocycles. The summed E-state index contributed by atoms with van der Waals surface area (Å²) in [6.07, 6.45) is 1.12. The minimum absolute atomic E-state index is 0. The number of likely N-dealkylation sites (tertiary alicyclic amines) is 1. The number of hydrogen-bond donors (Lipinski definition) is 1. The molecule has 40 heavy (non-hydrogen) atoms. The van der Waals surface area contributed by atoms with Crippen LogP contribution in [0.25, 0.3) is 0 Å². The number of hydrogen-bond acceptors (Lipinski definition) is 6. The Kier molecular flexibility index (Phi) is 10.9. The van der Waals surface area contributed by atoms with Gasteiger partial charge in [0.15, 0.2) is 0 Å². The van der Waals surface area contributed by atoms with Gasteiger partial charge < -0.3 is 15.0 Å². The fourth-order valence-electron chi connectivity index (χ4n) is 6.08. The summed E-state index contributed by atoms with van der Waals surface area (Å²) in [5.41, 5.74) is 3.52. The lowest BCUT2D eigenvalue weighted by molar-refractivity contribution is -0.120. The Morgan fingerprint density at radius 3 is 2.55 bits per heavy atom. The van der Waals surface area contributed by atoms with Gasteiger partial charge in [0, 0.05) is 70.1 Å². The molecule has 4 heterocycles. The molecule has 2 saturated heterocycles. The fourth-order valence-corrected chi connectivity index (χ4v) is 6.08. The summed E-state index contributed by atoms with van der Waals surface area (Å²) < 4.78 is 32.9. The van der Waals surface area contributed by atoms with Crippen LogP contribution in [0.15, 0.2) is 36.5 Å². The molecule has 11 heteroatoms. The van der Waals surface area contributed by atoms with Crippen molar-refractivity contribution in [2.24, 2.45) is 0 Å². The summed E-state index contributed by atoms with van der Waals surface area (Å²) in [5, 5.41) is 3.53. The van der Waals surface area contributed by atoms with Crippen molar-refractivity contribution in [1.82, 2.24) is 20.1 Å². The van der Waals surface area contributed by atoms with E-state index in [9.17, 15) is 13.6 Å². The zero-order valence-electron chi connectivity index (χ0n) is 23.6. The maximum atomic E-state index is 14.3. The average molecular weight is 601 g/mol. The maximum absolute atomic E-state index is 14.3. The quantitative estimate of drug-likeness (QED) is 0.525. The number of ether oxygens (including phenoxy) is 1. The highest BCUT2D eigenvalue weighted by Crippen LogP contribution is 2.39. The van der Waals surface area contributed by atoms with Crippen LogP contribution >= 0.6 is 24.8 Å². The van der Waals surface area contributed by atoms with Crippen molar-refractivity contribution in [3.8, 4) is 0 Å². The van der Waals surface area contributed by atoms with Gasteiger partial charge >= 0.3 is 0 Å². The van der Waals surface area contributed by atoms with Crippen molar-refractivity contribution in [2.45, 2.75) is 57.0 Å². The molecule has 0 bridgehead atoms. The van der Waals surface area contributed by atoms with Crippen LogP contribution in [0, 0.1) is 5.82 Å². The predicted molar refractivity (Wildman–Crippen MR) is 158 cm³/mol. The van der Waals surface area contributed by atoms with Crippen molar-refractivity contribution < 1.29 is 18.3 Å². The lowest BCUT2D eigenvalue weighted by atomic mass is 9.91. The van der Waals surface area contributed by atoms with E-state index in [-0.39, 0.29) is 60.1 Å². The monoisotopic (exact) mass is 599 g/mol. The first-order valence-electron chi connectivity index (χ1n) is 13.5. The van der Waals surface area contributed by atoms with Crippen LogP contribution < -0.4 is 10.2 Å². The summed E-state index contributed by atoms with van der Waals surface area (Å²) >= 11 is 0. The number of nitrogens with zero attached hydrogens (tertiary/aromatic N) is 4. The number of rotatable bonds is 7. The Bertz CT molecular complexity index is 1160. The molecule has 3 aliphatic heterocycles. The summed E-state index contributed by atoms with van der Waals surface area (Å²) in [6.45, 7) is 10.4. The molecule has 0 aliphatic carbocycles. The molecule has 2 aromatic rings. The molecule has 2 fully saturated rings. The zero-order chi connectivity index (χ0) is 27.0. The van der Waals surface area contributed by atoms with Gasteiger partial charge in [0.05, 0.1) is 17.9 Å². The Hall–Kier alpha value is -1.88. The van der Waals surface area contributed by atoms with Crippen molar-refractivity contribution in [2.75, 3.05) is 57.8 Å². The summed E-state index contributed by atoms with van der Waals surface area (Å²) in [7, 11) is 1.56. The average Bonchev–Trinajstić information content (AvgIpc) is 3.37. The van der Waals surface area contributed by atoms with E-state index >= 15 is 0 Å². The predicted octanol–water partition coefficient (Wildman–Crippen LogP) is 3.61. The number of piperazine rings is 1. The smallest absolute Gasteiger partial charge is 0.241 e. The first-order chi connectivity index (χ1) is 18.1. The largest absolute Gasteiger partial charge is 0.377 e. The van der Waals surface area contributed by atoms with Crippen LogP contribution in [0.3, 0.4) is 0 Å². The van der Waals surface area contributed by atoms with Crippen LogP contribution in [-0.2, 0) is 21.4 Å². The first kappa shape index (κ1) is 32.6. The number of nitrogens with one attached hydrogen (secondary N) is 1. The molecule has 3 aliphatic rings. The van der Waals surface area contributed by atoms with E-state index in [4.69, 9.17) is 9.72 Å². The standard InChI is InChI=1S/C29H39F2N5O2.2ClH/c1-19-13-35(23(12-32-19)14-34-15-24(31)26(16-34)38-4)17-27(37)36-18-29(2,3)28-25(36)10-21(11-33-28)9-20-5-7-22(30)8-6-20;;/h5-8,10-11,19,23-24,26,32H,9,12-18H2,1-4H3;2*1H/t19-,23-,24-,26+;;/m1../s1. The second-order valence-electron chi connectivity index (χ2n) is 11.8. The van der Waals surface area contributed by atoms with Crippen molar-refractivity contribution in [3.63, 3.8) is 0 Å². The number of carbonyl (C=O) groups is 1. The highest BCUT2D eigenvalue weighted by Gasteiger charge is 2.41. The molecule has 0 unspecified atom stereocenters. The van der Waals surface area contributed by atoms with Crippen molar-refractivity contribution >= 4 is 36.4 Å². The van der Waals surface area contributed by atoms with E-state index in [1.807, 2.05) is 11.1 Å². The van der Waals surface area contributed by atoms with Gasteiger partial charge in [-0.3, -0.25) is 19.6 Å². The van der Waals surface area contributed by atoms with Gasteiger partial charge in [-0.15, -0.1) is 24.8 Å². The molecule has 1 N–H and O–H groups in total. The van der Waals surface area contributed by atoms with E-state index in [0.29, 0.717) is 39.1 Å². The van der Waals surface area contributed by atoms with Gasteiger partial charge in [-0.05, 0) is 42.7 Å². The third kappa shape index (κ3) is 7.12. The molecular weight excluding hydrogens is 559 g/mol. The minimum Gasteiger partial charge on any atom is -0.377 e. The molecule has 1 aromatic heterocycles. The van der Waals surface area contributed by atoms with Crippen LogP contribution in [0.4, 0.5) is 14.5 Å². The fraction of sp³-hybridized carbons (Fsp3) is 0.586. The van der Waals surface area contributed by atoms with E-state index < -0.39 is 6.17 Å². The second-order valence-corrected chi connectivity index (χ2v) is 11.8. The Morgan fingerprint density at radius 1 is 1.15 bits per heavy atom. The van der Waals surface area contributed by atoms with Gasteiger partial charge in [0.1, 0.15) is 18.1 Å². The number of benzene rings is 1. The molecule has 4 atom stereocenters. The Labute approximate surface area is 248 Å². The second kappa shape index (κ2) is 13.4. The van der Waals surface area contributed by atoms with Gasteiger partial charge in [-0.2, -0.15) is 0 Å². The summed E-state index contributed by atoms with van der Waals surface area (Å²) in [4.78, 5) is 24.8. The number of anilines is 1. The maximum Gasteiger partial charge on any atom is 0.241 e. The number of methoxy groups -OCH3 is 1. The number of aromatic nitrogens is 1.